The smallest absolute Gasteiger partial charge is 0.305 e. The molecule has 1 aliphatic rings. The van der Waals surface area contributed by atoms with E-state index in [0.29, 0.717) is 25.6 Å². The summed E-state index contributed by atoms with van der Waals surface area (Å²) in [6, 6.07) is 10.2. The molecule has 0 bridgehead atoms. The summed E-state index contributed by atoms with van der Waals surface area (Å²) in [5.41, 5.74) is 1.18. The van der Waals surface area contributed by atoms with Crippen LogP contribution in [0, 0.1) is 11.8 Å². The summed E-state index contributed by atoms with van der Waals surface area (Å²) < 4.78 is 10.5. The third-order valence-corrected chi connectivity index (χ3v) is 4.93. The maximum absolute atomic E-state index is 11.0. The average molecular weight is 346 g/mol. The van der Waals surface area contributed by atoms with E-state index >= 15 is 0 Å². The molecule has 0 spiro atoms. The van der Waals surface area contributed by atoms with E-state index in [4.69, 9.17) is 4.74 Å². The Morgan fingerprint density at radius 2 is 2.04 bits per heavy atom. The lowest BCUT2D eigenvalue weighted by atomic mass is 9.92. The lowest BCUT2D eigenvalue weighted by Gasteiger charge is -2.20. The van der Waals surface area contributed by atoms with Crippen molar-refractivity contribution >= 4 is 5.97 Å². The van der Waals surface area contributed by atoms with E-state index < -0.39 is 0 Å². The molecule has 0 heterocycles. The average Bonchev–Trinajstić information content (AvgIpc) is 2.98. The monoisotopic (exact) mass is 346 g/mol. The number of rotatable bonds is 10. The van der Waals surface area contributed by atoms with Gasteiger partial charge in [0.25, 0.3) is 0 Å². The fourth-order valence-electron chi connectivity index (χ4n) is 3.42. The van der Waals surface area contributed by atoms with Crippen molar-refractivity contribution in [3.8, 4) is 0 Å². The number of hydrogen-bond donors (Lipinski definition) is 1. The van der Waals surface area contributed by atoms with Crippen molar-refractivity contribution in [2.24, 2.45) is 11.8 Å². The number of carbonyl (C=O) groups is 1. The third kappa shape index (κ3) is 7.00. The number of unbranched alkanes of at least 4 members (excludes halogenated alkanes) is 1. The van der Waals surface area contributed by atoms with E-state index in [0.717, 1.165) is 32.1 Å². The highest BCUT2D eigenvalue weighted by atomic mass is 16.5. The first-order chi connectivity index (χ1) is 12.2. The third-order valence-electron chi connectivity index (χ3n) is 4.93. The Balaban J connectivity index is 1.67. The molecule has 0 amide bonds. The highest BCUT2D eigenvalue weighted by molar-refractivity contribution is 5.69. The van der Waals surface area contributed by atoms with Crippen LogP contribution in [0.3, 0.4) is 0 Å². The molecule has 4 heteroatoms. The summed E-state index contributed by atoms with van der Waals surface area (Å²) in [6.45, 7) is 1.33. The minimum absolute atomic E-state index is 0.157. The van der Waals surface area contributed by atoms with Crippen LogP contribution in [0.5, 0.6) is 0 Å². The molecule has 1 saturated carbocycles. The van der Waals surface area contributed by atoms with Crippen LogP contribution in [0.2, 0.25) is 0 Å². The summed E-state index contributed by atoms with van der Waals surface area (Å²) in [4.78, 5) is 11.0. The van der Waals surface area contributed by atoms with Gasteiger partial charge >= 0.3 is 5.97 Å². The molecule has 0 aliphatic heterocycles. The lowest BCUT2D eigenvalue weighted by molar-refractivity contribution is -0.140. The number of benzene rings is 1. The van der Waals surface area contributed by atoms with Crippen molar-refractivity contribution in [1.82, 2.24) is 0 Å². The normalized spacial score (nSPS) is 23.2. The van der Waals surface area contributed by atoms with Gasteiger partial charge in [0.1, 0.15) is 0 Å². The fourth-order valence-corrected chi connectivity index (χ4v) is 3.42. The molecule has 1 aromatic rings. The Hall–Kier alpha value is -1.65. The van der Waals surface area contributed by atoms with Crippen molar-refractivity contribution in [2.45, 2.75) is 51.2 Å². The lowest BCUT2D eigenvalue weighted by Crippen LogP contribution is -2.22. The zero-order chi connectivity index (χ0) is 17.9. The summed E-state index contributed by atoms with van der Waals surface area (Å²) in [5, 5.41) is 10.2. The number of allylic oxidation sites excluding steroid dienone is 2. The van der Waals surface area contributed by atoms with Crippen LogP contribution < -0.4 is 0 Å². The Labute approximate surface area is 150 Å². The predicted molar refractivity (Wildman–Crippen MR) is 97.9 cm³/mol. The van der Waals surface area contributed by atoms with Crippen LogP contribution in [0.25, 0.3) is 0 Å². The molecule has 138 valence electrons. The van der Waals surface area contributed by atoms with Crippen LogP contribution in [-0.4, -0.2) is 30.9 Å². The van der Waals surface area contributed by atoms with E-state index in [1.165, 1.54) is 12.7 Å². The number of carbonyl (C=O) groups excluding carboxylic acids is 1. The number of ether oxygens (including phenoxy) is 2. The summed E-state index contributed by atoms with van der Waals surface area (Å²) in [7, 11) is 1.42. The maximum Gasteiger partial charge on any atom is 0.305 e. The van der Waals surface area contributed by atoms with Gasteiger partial charge < -0.3 is 14.6 Å². The first-order valence-electron chi connectivity index (χ1n) is 9.22. The first kappa shape index (κ1) is 19.7. The Bertz CT molecular complexity index is 526. The summed E-state index contributed by atoms with van der Waals surface area (Å²) >= 11 is 0. The van der Waals surface area contributed by atoms with Crippen LogP contribution in [0.1, 0.15) is 44.1 Å². The molecule has 1 aromatic carbocycles. The van der Waals surface area contributed by atoms with Crippen LogP contribution >= 0.6 is 0 Å². The van der Waals surface area contributed by atoms with Crippen LogP contribution in [-0.2, 0) is 20.9 Å². The molecule has 25 heavy (non-hydrogen) atoms. The number of aliphatic hydroxyl groups is 1. The van der Waals surface area contributed by atoms with Crippen molar-refractivity contribution in [2.75, 3.05) is 13.7 Å². The van der Waals surface area contributed by atoms with Gasteiger partial charge in [-0.15, -0.1) is 0 Å². The van der Waals surface area contributed by atoms with E-state index in [9.17, 15) is 9.90 Å². The van der Waals surface area contributed by atoms with Gasteiger partial charge in [0.15, 0.2) is 0 Å². The fraction of sp³-hybridized carbons (Fsp3) is 0.571. The van der Waals surface area contributed by atoms with Gasteiger partial charge in [-0.1, -0.05) is 42.5 Å². The zero-order valence-corrected chi connectivity index (χ0v) is 15.1. The molecular formula is C21H30O4. The molecule has 0 aromatic heterocycles. The Morgan fingerprint density at radius 1 is 1.24 bits per heavy atom. The van der Waals surface area contributed by atoms with Crippen LogP contribution in [0.4, 0.5) is 0 Å². The van der Waals surface area contributed by atoms with E-state index in [1.807, 2.05) is 18.2 Å². The molecule has 0 radical (unpaired) electrons. The zero-order valence-electron chi connectivity index (χ0n) is 15.1. The molecule has 1 aliphatic carbocycles. The highest BCUT2D eigenvalue weighted by Gasteiger charge is 2.33. The second kappa shape index (κ2) is 11.1. The number of methoxy groups -OCH3 is 1. The highest BCUT2D eigenvalue weighted by Crippen LogP contribution is 2.35. The minimum atomic E-state index is -0.231. The van der Waals surface area contributed by atoms with Gasteiger partial charge in [-0.2, -0.15) is 0 Å². The predicted octanol–water partition coefficient (Wildman–Crippen LogP) is 3.88. The van der Waals surface area contributed by atoms with E-state index in [2.05, 4.69) is 29.0 Å². The van der Waals surface area contributed by atoms with Gasteiger partial charge in [-0.3, -0.25) is 4.79 Å². The van der Waals surface area contributed by atoms with E-state index in [1.54, 1.807) is 0 Å². The molecule has 1 N–H and O–H groups in total. The molecule has 3 atom stereocenters. The number of esters is 1. The number of hydrogen-bond acceptors (Lipinski definition) is 4. The maximum atomic E-state index is 11.0. The summed E-state index contributed by atoms with van der Waals surface area (Å²) in [6.07, 6.45) is 8.91. The van der Waals surface area contributed by atoms with Crippen molar-refractivity contribution < 1.29 is 19.4 Å². The Kier molecular flexibility index (Phi) is 8.70. The second-order valence-corrected chi connectivity index (χ2v) is 6.74. The van der Waals surface area contributed by atoms with Gasteiger partial charge in [0.05, 0.1) is 26.4 Å². The van der Waals surface area contributed by atoms with E-state index in [-0.39, 0.29) is 18.0 Å². The first-order valence-corrected chi connectivity index (χ1v) is 9.22. The summed E-state index contributed by atoms with van der Waals surface area (Å²) in [5.74, 6) is 0.529. The van der Waals surface area contributed by atoms with Crippen molar-refractivity contribution in [3.63, 3.8) is 0 Å². The van der Waals surface area contributed by atoms with Gasteiger partial charge in [-0.25, -0.2) is 0 Å². The standard InChI is InChI=1S/C21H30O4/c1-24-21(23)12-8-3-2-7-11-19-18(13-14-20(19)22)16-25-15-17-9-5-4-6-10-17/h2,4-7,9-10,18-20,22H,3,8,11-16H2,1H3/t18-,19-,20+/m0/s1. The van der Waals surface area contributed by atoms with Crippen molar-refractivity contribution in [1.29, 1.82) is 0 Å². The largest absolute Gasteiger partial charge is 0.469 e. The second-order valence-electron chi connectivity index (χ2n) is 6.74. The van der Waals surface area contributed by atoms with Gasteiger partial charge in [0.2, 0.25) is 0 Å². The topological polar surface area (TPSA) is 55.8 Å². The molecule has 1 fully saturated rings. The molecule has 2 rings (SSSR count). The van der Waals surface area contributed by atoms with Gasteiger partial charge in [0, 0.05) is 6.42 Å². The molecule has 0 saturated heterocycles. The van der Waals surface area contributed by atoms with Gasteiger partial charge in [-0.05, 0) is 49.5 Å². The molecule has 4 nitrogen and oxygen atoms in total. The minimum Gasteiger partial charge on any atom is -0.469 e. The van der Waals surface area contributed by atoms with Crippen molar-refractivity contribution in [3.05, 3.63) is 48.0 Å². The Morgan fingerprint density at radius 3 is 2.80 bits per heavy atom. The van der Waals surface area contributed by atoms with Crippen LogP contribution in [0.15, 0.2) is 42.5 Å². The molecular weight excluding hydrogens is 316 g/mol. The number of aliphatic hydroxyl groups excluding tert-OH is 1. The SMILES string of the molecule is COC(=O)CCCC=CC[C@H]1[C@H](COCc2ccccc2)CC[C@H]1O. The molecule has 0 unspecified atom stereocenters. The quantitative estimate of drug-likeness (QED) is 0.397.